The van der Waals surface area contributed by atoms with Gasteiger partial charge in [-0.05, 0) is 49.8 Å². The summed E-state index contributed by atoms with van der Waals surface area (Å²) >= 11 is 4.80. The molecule has 4 rings (SSSR count). The van der Waals surface area contributed by atoms with E-state index in [0.717, 1.165) is 31.3 Å². The lowest BCUT2D eigenvalue weighted by Crippen LogP contribution is -2.19. The number of rotatable bonds is 2. The second-order valence-corrected chi connectivity index (χ2v) is 11.2. The summed E-state index contributed by atoms with van der Waals surface area (Å²) in [5, 5.41) is 3.10. The average Bonchev–Trinajstić information content (AvgIpc) is 3.28. The lowest BCUT2D eigenvalue weighted by Gasteiger charge is -2.21. The predicted octanol–water partition coefficient (Wildman–Crippen LogP) is 4.80. The minimum Gasteiger partial charge on any atom is -0.744 e. The van der Waals surface area contributed by atoms with Crippen molar-refractivity contribution in [2.24, 2.45) is 0 Å². The third kappa shape index (κ3) is 5.49. The first-order valence-electron chi connectivity index (χ1n) is 9.45. The van der Waals surface area contributed by atoms with Gasteiger partial charge in [0.1, 0.15) is 22.2 Å². The van der Waals surface area contributed by atoms with Crippen LogP contribution < -0.4 is 4.90 Å². The number of benzene rings is 2. The number of aryl methyl sites for hydroxylation is 1. The Kier molecular flexibility index (Phi) is 7.94. The van der Waals surface area contributed by atoms with Crippen LogP contribution in [0.2, 0.25) is 0 Å². The Morgan fingerprint density at radius 1 is 1.03 bits per heavy atom. The number of nitrogens with zero attached hydrogens (tertiary/aromatic N) is 2. The number of allylic oxidation sites excluding steroid dienone is 1. The van der Waals surface area contributed by atoms with E-state index in [2.05, 4.69) is 29.4 Å². The summed E-state index contributed by atoms with van der Waals surface area (Å²) < 4.78 is 33.9. The Hall–Kier alpha value is -1.98. The summed E-state index contributed by atoms with van der Waals surface area (Å²) in [6.07, 6.45) is 2.00. The summed E-state index contributed by atoms with van der Waals surface area (Å²) in [7, 11) is -2.43. The minimum atomic E-state index is -4.27. The van der Waals surface area contributed by atoms with E-state index in [1.54, 1.807) is 52.0 Å². The van der Waals surface area contributed by atoms with Crippen molar-refractivity contribution in [2.75, 3.05) is 18.2 Å². The standard InChI is InChI=1S/C15H15N2OS3.C7H8O3S/c1-10-9-20-14(17(10)11-7-5-4-6-8-11)12-13(18)16(2)15(19-3)21-12;1-6-2-4-7(5-3-6)11(8,9)10/h4-9H,1-3H3;2-5H,1H3,(H,8,9,10)/q+1;/p-1/b14-12+;. The van der Waals surface area contributed by atoms with Crippen LogP contribution in [0.4, 0.5) is 5.69 Å². The topological polar surface area (TPSA) is 80.5 Å². The van der Waals surface area contributed by atoms with E-state index < -0.39 is 10.1 Å². The lowest BCUT2D eigenvalue weighted by molar-refractivity contribution is -0.406. The van der Waals surface area contributed by atoms with E-state index in [0.29, 0.717) is 0 Å². The highest BCUT2D eigenvalue weighted by Crippen LogP contribution is 2.45. The molecule has 10 heteroatoms. The molecule has 0 spiro atoms. The van der Waals surface area contributed by atoms with E-state index in [1.165, 1.54) is 12.1 Å². The number of amides is 1. The van der Waals surface area contributed by atoms with Crippen LogP contribution in [-0.4, -0.2) is 41.1 Å². The molecule has 168 valence electrons. The van der Waals surface area contributed by atoms with Gasteiger partial charge in [-0.25, -0.2) is 13.2 Å². The van der Waals surface area contributed by atoms with Gasteiger partial charge in [0.15, 0.2) is 4.91 Å². The number of hydrogen-bond donors (Lipinski definition) is 0. The van der Waals surface area contributed by atoms with Crippen molar-refractivity contribution >= 4 is 61.4 Å². The third-order valence-corrected chi connectivity index (χ3v) is 8.99. The van der Waals surface area contributed by atoms with E-state index in [9.17, 15) is 17.8 Å². The fourth-order valence-corrected chi connectivity index (χ4v) is 6.33. The molecule has 0 radical (unpaired) electrons. The van der Waals surface area contributed by atoms with Gasteiger partial charge in [-0.3, -0.25) is 0 Å². The first kappa shape index (κ1) is 24.7. The summed E-state index contributed by atoms with van der Waals surface area (Å²) in [4.78, 5) is 15.3. The first-order chi connectivity index (χ1) is 15.1. The monoisotopic (exact) mass is 506 g/mol. The van der Waals surface area contributed by atoms with Gasteiger partial charge in [0, 0.05) is 23.1 Å². The van der Waals surface area contributed by atoms with Crippen molar-refractivity contribution in [1.29, 1.82) is 0 Å². The summed E-state index contributed by atoms with van der Waals surface area (Å²) in [5.41, 5.74) is 3.16. The molecule has 32 heavy (non-hydrogen) atoms. The highest BCUT2D eigenvalue weighted by molar-refractivity contribution is 8.40. The van der Waals surface area contributed by atoms with E-state index in [-0.39, 0.29) is 10.8 Å². The maximum Gasteiger partial charge on any atom is 0.430 e. The summed E-state index contributed by atoms with van der Waals surface area (Å²) in [6, 6.07) is 16.0. The molecule has 0 aliphatic carbocycles. The quantitative estimate of drug-likeness (QED) is 0.326. The smallest absolute Gasteiger partial charge is 0.430 e. The molecule has 0 fully saturated rings. The maximum absolute atomic E-state index is 12.5. The SMILES string of the molecule is CSC1=[N+](C)C(=O)/C(=C2\SC=C(C)N2c2ccccc2)S1.Cc1ccc(S(=O)(=O)[O-])cc1. The molecule has 2 aromatic carbocycles. The Morgan fingerprint density at radius 3 is 2.19 bits per heavy atom. The molecule has 6 nitrogen and oxygen atoms in total. The first-order valence-corrected chi connectivity index (χ1v) is 13.8. The van der Waals surface area contributed by atoms with Gasteiger partial charge < -0.3 is 9.45 Å². The zero-order valence-corrected chi connectivity index (χ0v) is 21.2. The Balaban J connectivity index is 0.000000222. The van der Waals surface area contributed by atoms with Crippen molar-refractivity contribution in [1.82, 2.24) is 0 Å². The largest absolute Gasteiger partial charge is 0.744 e. The predicted molar refractivity (Wildman–Crippen MR) is 134 cm³/mol. The number of carbonyl (C=O) groups excluding carboxylic acids is 1. The van der Waals surface area contributed by atoms with Gasteiger partial charge in [-0.2, -0.15) is 0 Å². The van der Waals surface area contributed by atoms with Crippen molar-refractivity contribution in [3.05, 3.63) is 81.2 Å². The van der Waals surface area contributed by atoms with E-state index in [4.69, 9.17) is 0 Å². The number of hydrogen-bond acceptors (Lipinski definition) is 8. The highest BCUT2D eigenvalue weighted by Gasteiger charge is 2.40. The fraction of sp³-hybridized carbons (Fsp3) is 0.182. The third-order valence-electron chi connectivity index (χ3n) is 4.55. The van der Waals surface area contributed by atoms with E-state index >= 15 is 0 Å². The normalized spacial score (nSPS) is 18.6. The molecule has 0 saturated heterocycles. The van der Waals surface area contributed by atoms with Crippen LogP contribution in [0.3, 0.4) is 0 Å². The molecule has 2 aliphatic heterocycles. The van der Waals surface area contributed by atoms with Crippen molar-refractivity contribution < 1.29 is 22.3 Å². The number of carbonyl (C=O) groups is 1. The molecule has 2 aromatic rings. The number of thioether (sulfide) groups is 3. The molecule has 1 amide bonds. The Labute approximate surface area is 201 Å². The summed E-state index contributed by atoms with van der Waals surface area (Å²) in [5.74, 6) is 0.0795. The fourth-order valence-electron chi connectivity index (χ4n) is 2.91. The van der Waals surface area contributed by atoms with Crippen LogP contribution in [0.15, 0.2) is 80.5 Å². The van der Waals surface area contributed by atoms with Gasteiger partial charge in [0.05, 0.1) is 4.90 Å². The minimum absolute atomic E-state index is 0.0795. The van der Waals surface area contributed by atoms with Crippen LogP contribution in [0.1, 0.15) is 12.5 Å². The van der Waals surface area contributed by atoms with Gasteiger partial charge in [0.25, 0.3) is 4.38 Å². The average molecular weight is 507 g/mol. The molecular weight excluding hydrogens is 485 g/mol. The molecule has 0 unspecified atom stereocenters. The van der Waals surface area contributed by atoms with Crippen molar-refractivity contribution in [3.8, 4) is 0 Å². The van der Waals surface area contributed by atoms with Crippen LogP contribution >= 0.6 is 35.3 Å². The van der Waals surface area contributed by atoms with Crippen LogP contribution in [-0.2, 0) is 14.9 Å². The van der Waals surface area contributed by atoms with Gasteiger partial charge in [-0.15, -0.1) is 4.58 Å². The maximum atomic E-state index is 12.5. The molecule has 0 N–H and O–H groups in total. The molecule has 0 saturated carbocycles. The summed E-state index contributed by atoms with van der Waals surface area (Å²) in [6.45, 7) is 3.89. The highest BCUT2D eigenvalue weighted by atomic mass is 32.2. The van der Waals surface area contributed by atoms with Crippen molar-refractivity contribution in [3.63, 3.8) is 0 Å². The van der Waals surface area contributed by atoms with Gasteiger partial charge >= 0.3 is 5.91 Å². The zero-order valence-electron chi connectivity index (χ0n) is 17.9. The molecule has 0 bridgehead atoms. The Bertz CT molecular complexity index is 1220. The second kappa shape index (κ2) is 10.3. The van der Waals surface area contributed by atoms with Gasteiger partial charge in [0.2, 0.25) is 0 Å². The molecule has 2 aliphatic rings. The molecular formula is C22H22N2O4S4. The molecule has 2 heterocycles. The number of para-hydroxylation sites is 1. The van der Waals surface area contributed by atoms with Crippen LogP contribution in [0.5, 0.6) is 0 Å². The van der Waals surface area contributed by atoms with E-state index in [1.807, 2.05) is 38.4 Å². The Morgan fingerprint density at radius 2 is 1.66 bits per heavy atom. The molecule has 0 atom stereocenters. The van der Waals surface area contributed by atoms with Crippen LogP contribution in [0.25, 0.3) is 0 Å². The van der Waals surface area contributed by atoms with Crippen molar-refractivity contribution in [2.45, 2.75) is 18.7 Å². The number of anilines is 1. The zero-order chi connectivity index (χ0) is 23.5. The lowest BCUT2D eigenvalue weighted by atomic mass is 10.2. The van der Waals surface area contributed by atoms with Gasteiger partial charge in [-0.1, -0.05) is 59.4 Å². The number of likely N-dealkylation sites (N-methyl/N-ethyl adjacent to an activating group) is 1. The second-order valence-electron chi connectivity index (χ2n) is 6.89. The van der Waals surface area contributed by atoms with Crippen LogP contribution in [0, 0.1) is 6.92 Å². The molecule has 0 aromatic heterocycles.